The topological polar surface area (TPSA) is 27.3 Å². The van der Waals surface area contributed by atoms with E-state index in [9.17, 15) is 0 Å². The highest BCUT2D eigenvalue weighted by molar-refractivity contribution is 7.80. The molecule has 0 unspecified atom stereocenters. The SMILES string of the molecule is CCN(CC)CCCNC(=S)Nc1ccc(C)c(Cl)c1. The van der Waals surface area contributed by atoms with Gasteiger partial charge in [-0.25, -0.2) is 0 Å². The lowest BCUT2D eigenvalue weighted by atomic mass is 10.2. The van der Waals surface area contributed by atoms with Crippen molar-refractivity contribution in [2.24, 2.45) is 0 Å². The Hall–Kier alpha value is -0.840. The Bertz CT molecular complexity index is 433. The molecule has 5 heteroatoms. The van der Waals surface area contributed by atoms with Crippen LogP contribution in [-0.4, -0.2) is 36.2 Å². The lowest BCUT2D eigenvalue weighted by Gasteiger charge is -2.18. The molecule has 0 aromatic heterocycles. The van der Waals surface area contributed by atoms with Crippen LogP contribution >= 0.6 is 23.8 Å². The van der Waals surface area contributed by atoms with Crippen LogP contribution in [0.2, 0.25) is 5.02 Å². The van der Waals surface area contributed by atoms with E-state index in [1.165, 1.54) is 0 Å². The number of aryl methyl sites for hydroxylation is 1. The first-order valence-corrected chi connectivity index (χ1v) is 7.88. The van der Waals surface area contributed by atoms with Gasteiger partial charge in [0.05, 0.1) is 0 Å². The Morgan fingerprint density at radius 3 is 2.60 bits per heavy atom. The standard InChI is InChI=1S/C15H24ClN3S/c1-4-19(5-2)10-6-9-17-15(20)18-13-8-7-12(3)14(16)11-13/h7-8,11H,4-6,9-10H2,1-3H3,(H2,17,18,20). The second-order valence-corrected chi connectivity index (χ2v) is 5.54. The lowest BCUT2D eigenvalue weighted by molar-refractivity contribution is 0.300. The number of thiocarbonyl (C=S) groups is 1. The van der Waals surface area contributed by atoms with Crippen LogP contribution in [0, 0.1) is 6.92 Å². The van der Waals surface area contributed by atoms with Crippen LogP contribution in [0.1, 0.15) is 25.8 Å². The second-order valence-electron chi connectivity index (χ2n) is 4.73. The summed E-state index contributed by atoms with van der Waals surface area (Å²) in [5.74, 6) is 0. The summed E-state index contributed by atoms with van der Waals surface area (Å²) in [7, 11) is 0. The average molecular weight is 314 g/mol. The molecule has 1 aromatic carbocycles. The van der Waals surface area contributed by atoms with Gasteiger partial charge in [-0.1, -0.05) is 31.5 Å². The van der Waals surface area contributed by atoms with Gasteiger partial charge in [0.2, 0.25) is 0 Å². The van der Waals surface area contributed by atoms with Crippen LogP contribution < -0.4 is 10.6 Å². The zero-order chi connectivity index (χ0) is 15.0. The van der Waals surface area contributed by atoms with Crippen LogP contribution in [-0.2, 0) is 0 Å². The highest BCUT2D eigenvalue weighted by atomic mass is 35.5. The molecule has 0 spiro atoms. The van der Waals surface area contributed by atoms with Gasteiger partial charge in [-0.15, -0.1) is 0 Å². The summed E-state index contributed by atoms with van der Waals surface area (Å²) < 4.78 is 0. The van der Waals surface area contributed by atoms with Crippen molar-refractivity contribution in [3.63, 3.8) is 0 Å². The Morgan fingerprint density at radius 1 is 1.30 bits per heavy atom. The van der Waals surface area contributed by atoms with Crippen molar-refractivity contribution >= 4 is 34.6 Å². The minimum atomic E-state index is 0.643. The molecular weight excluding hydrogens is 290 g/mol. The molecule has 0 aliphatic carbocycles. The first-order chi connectivity index (χ1) is 9.56. The third kappa shape index (κ3) is 6.07. The van der Waals surface area contributed by atoms with Crippen LogP contribution in [0.3, 0.4) is 0 Å². The third-order valence-corrected chi connectivity index (χ3v) is 3.91. The van der Waals surface area contributed by atoms with E-state index >= 15 is 0 Å². The van der Waals surface area contributed by atoms with Gasteiger partial charge < -0.3 is 15.5 Å². The summed E-state index contributed by atoms with van der Waals surface area (Å²) in [5.41, 5.74) is 1.98. The molecule has 2 N–H and O–H groups in total. The van der Waals surface area contributed by atoms with Crippen LogP contribution in [0.5, 0.6) is 0 Å². The number of nitrogens with one attached hydrogen (secondary N) is 2. The van der Waals surface area contributed by atoms with E-state index in [0.29, 0.717) is 5.11 Å². The molecule has 0 fully saturated rings. The van der Waals surface area contributed by atoms with E-state index in [1.54, 1.807) is 0 Å². The molecule has 0 aliphatic rings. The molecule has 0 saturated carbocycles. The Labute approximate surface area is 132 Å². The number of benzene rings is 1. The smallest absolute Gasteiger partial charge is 0.170 e. The fourth-order valence-electron chi connectivity index (χ4n) is 1.89. The summed E-state index contributed by atoms with van der Waals surface area (Å²) in [4.78, 5) is 2.40. The van der Waals surface area contributed by atoms with Gasteiger partial charge in [0.15, 0.2) is 5.11 Å². The summed E-state index contributed by atoms with van der Waals surface area (Å²) in [6.45, 7) is 10.5. The molecule has 0 radical (unpaired) electrons. The Balaban J connectivity index is 2.28. The molecule has 3 nitrogen and oxygen atoms in total. The number of halogens is 1. The summed E-state index contributed by atoms with van der Waals surface area (Å²) in [6.07, 6.45) is 1.08. The minimum Gasteiger partial charge on any atom is -0.362 e. The number of hydrogen-bond donors (Lipinski definition) is 2. The molecule has 0 bridgehead atoms. The summed E-state index contributed by atoms with van der Waals surface area (Å²) in [5, 5.41) is 7.76. The molecule has 0 amide bonds. The van der Waals surface area contributed by atoms with E-state index in [4.69, 9.17) is 23.8 Å². The van der Waals surface area contributed by atoms with Crippen molar-refractivity contribution in [2.45, 2.75) is 27.2 Å². The third-order valence-electron chi connectivity index (χ3n) is 3.26. The predicted molar refractivity (Wildman–Crippen MR) is 92.8 cm³/mol. The molecule has 1 rings (SSSR count). The van der Waals surface area contributed by atoms with E-state index in [1.807, 2.05) is 25.1 Å². The summed E-state index contributed by atoms with van der Waals surface area (Å²) in [6, 6.07) is 5.85. The van der Waals surface area contributed by atoms with Gasteiger partial charge in [0.25, 0.3) is 0 Å². The normalized spacial score (nSPS) is 10.7. The molecule has 0 aliphatic heterocycles. The van der Waals surface area contributed by atoms with Crippen molar-refractivity contribution in [3.05, 3.63) is 28.8 Å². The number of hydrogen-bond acceptors (Lipinski definition) is 2. The molecule has 20 heavy (non-hydrogen) atoms. The Kier molecular flexibility index (Phi) is 7.88. The first-order valence-electron chi connectivity index (χ1n) is 7.10. The molecule has 1 aromatic rings. The molecule has 0 atom stereocenters. The molecule has 0 heterocycles. The van der Waals surface area contributed by atoms with E-state index in [-0.39, 0.29) is 0 Å². The Morgan fingerprint density at radius 2 is 2.00 bits per heavy atom. The van der Waals surface area contributed by atoms with Crippen LogP contribution in [0.25, 0.3) is 0 Å². The molecular formula is C15H24ClN3S. The van der Waals surface area contributed by atoms with E-state index < -0.39 is 0 Å². The maximum Gasteiger partial charge on any atom is 0.170 e. The van der Waals surface area contributed by atoms with Crippen molar-refractivity contribution < 1.29 is 0 Å². The average Bonchev–Trinajstić information content (AvgIpc) is 2.43. The summed E-state index contributed by atoms with van der Waals surface area (Å²) >= 11 is 11.4. The highest BCUT2D eigenvalue weighted by Crippen LogP contribution is 2.19. The van der Waals surface area contributed by atoms with Gasteiger partial charge in [-0.05, 0) is 62.9 Å². The highest BCUT2D eigenvalue weighted by Gasteiger charge is 2.01. The fourth-order valence-corrected chi connectivity index (χ4v) is 2.29. The largest absolute Gasteiger partial charge is 0.362 e. The second kappa shape index (κ2) is 9.16. The minimum absolute atomic E-state index is 0.643. The zero-order valence-electron chi connectivity index (χ0n) is 12.5. The fraction of sp³-hybridized carbons (Fsp3) is 0.533. The van der Waals surface area contributed by atoms with Gasteiger partial charge >= 0.3 is 0 Å². The number of nitrogens with zero attached hydrogens (tertiary/aromatic N) is 1. The van der Waals surface area contributed by atoms with Crippen LogP contribution in [0.15, 0.2) is 18.2 Å². The predicted octanol–water partition coefficient (Wildman–Crippen LogP) is 3.67. The van der Waals surface area contributed by atoms with Gasteiger partial charge in [-0.3, -0.25) is 0 Å². The first kappa shape index (κ1) is 17.2. The van der Waals surface area contributed by atoms with Crippen molar-refractivity contribution in [3.8, 4) is 0 Å². The zero-order valence-corrected chi connectivity index (χ0v) is 14.1. The number of rotatable bonds is 7. The quantitative estimate of drug-likeness (QED) is 0.593. The maximum absolute atomic E-state index is 6.08. The van der Waals surface area contributed by atoms with E-state index in [2.05, 4.69) is 29.4 Å². The van der Waals surface area contributed by atoms with Crippen LogP contribution in [0.4, 0.5) is 5.69 Å². The van der Waals surface area contributed by atoms with E-state index in [0.717, 1.165) is 48.9 Å². The van der Waals surface area contributed by atoms with Gasteiger partial charge in [-0.2, -0.15) is 0 Å². The van der Waals surface area contributed by atoms with Crippen molar-refractivity contribution in [2.75, 3.05) is 31.5 Å². The van der Waals surface area contributed by atoms with Gasteiger partial charge in [0.1, 0.15) is 0 Å². The lowest BCUT2D eigenvalue weighted by Crippen LogP contribution is -2.32. The maximum atomic E-state index is 6.08. The number of anilines is 1. The van der Waals surface area contributed by atoms with Crippen molar-refractivity contribution in [1.29, 1.82) is 0 Å². The monoisotopic (exact) mass is 313 g/mol. The van der Waals surface area contributed by atoms with Gasteiger partial charge in [0, 0.05) is 17.3 Å². The molecule has 0 saturated heterocycles. The molecule has 112 valence electrons. The van der Waals surface area contributed by atoms with Crippen molar-refractivity contribution in [1.82, 2.24) is 10.2 Å².